The first-order valence-corrected chi connectivity index (χ1v) is 5.20. The van der Waals surface area contributed by atoms with Gasteiger partial charge in [-0.25, -0.2) is 4.98 Å². The second kappa shape index (κ2) is 4.83. The van der Waals surface area contributed by atoms with Crippen LogP contribution in [0.15, 0.2) is 6.20 Å². The van der Waals surface area contributed by atoms with Gasteiger partial charge in [0.2, 0.25) is 0 Å². The Morgan fingerprint density at radius 2 is 2.47 bits per heavy atom. The van der Waals surface area contributed by atoms with Crippen LogP contribution < -0.4 is 0 Å². The molecule has 0 aliphatic heterocycles. The minimum atomic E-state index is -0.985. The van der Waals surface area contributed by atoms with Crippen LogP contribution in [0.2, 0.25) is 0 Å². The van der Waals surface area contributed by atoms with Gasteiger partial charge in [-0.15, -0.1) is 0 Å². The van der Waals surface area contributed by atoms with Crippen molar-refractivity contribution >= 4 is 22.3 Å². The Hall–Kier alpha value is -1.50. The van der Waals surface area contributed by atoms with E-state index in [2.05, 4.69) is 4.98 Å². The lowest BCUT2D eigenvalue weighted by Gasteiger charge is -2.05. The fraction of sp³-hybridized carbons (Fsp3) is 0.500. The number of hydrogen-bond donors (Lipinski definition) is 1. The van der Waals surface area contributed by atoms with Crippen LogP contribution in [0, 0.1) is 10.1 Å². The number of aromatic nitrogens is 1. The van der Waals surface area contributed by atoms with Gasteiger partial charge in [0, 0.05) is 0 Å². The Labute approximate surface area is 89.7 Å². The van der Waals surface area contributed by atoms with E-state index in [1.165, 1.54) is 0 Å². The van der Waals surface area contributed by atoms with E-state index >= 15 is 0 Å². The minimum Gasteiger partial charge on any atom is -0.481 e. The molecule has 1 N–H and O–H groups in total. The number of carbonyl (C=O) groups is 1. The standard InChI is InChI=1S/C8H10N2O4S/c1-2-3-5(8(11)12)7-9-4-6(15-7)10(13)14/h4-5H,2-3H2,1H3,(H,11,12). The van der Waals surface area contributed by atoms with Crippen LogP contribution in [0.4, 0.5) is 5.00 Å². The maximum atomic E-state index is 10.9. The van der Waals surface area contributed by atoms with E-state index in [0.717, 1.165) is 17.5 Å². The van der Waals surface area contributed by atoms with Crippen LogP contribution in [0.5, 0.6) is 0 Å². The molecular formula is C8H10N2O4S. The van der Waals surface area contributed by atoms with E-state index in [-0.39, 0.29) is 5.00 Å². The molecule has 0 saturated heterocycles. The number of carboxylic acids is 1. The smallest absolute Gasteiger partial charge is 0.343 e. The Kier molecular flexibility index (Phi) is 3.73. The van der Waals surface area contributed by atoms with Crippen molar-refractivity contribution in [1.82, 2.24) is 4.98 Å². The molecule has 1 aromatic heterocycles. The van der Waals surface area contributed by atoms with E-state index in [1.807, 2.05) is 6.92 Å². The lowest BCUT2D eigenvalue weighted by atomic mass is 10.1. The SMILES string of the molecule is CCCC(C(=O)O)c1ncc([N+](=O)[O-])s1. The maximum Gasteiger partial charge on any atom is 0.343 e. The molecular weight excluding hydrogens is 220 g/mol. The molecule has 1 aromatic rings. The molecule has 0 radical (unpaired) electrons. The summed E-state index contributed by atoms with van der Waals surface area (Å²) in [6, 6.07) is 0. The predicted molar refractivity (Wildman–Crippen MR) is 54.1 cm³/mol. The lowest BCUT2D eigenvalue weighted by Crippen LogP contribution is -2.10. The fourth-order valence-electron chi connectivity index (χ4n) is 1.17. The molecule has 82 valence electrons. The van der Waals surface area contributed by atoms with E-state index in [0.29, 0.717) is 17.8 Å². The van der Waals surface area contributed by atoms with Crippen molar-refractivity contribution < 1.29 is 14.8 Å². The molecule has 0 saturated carbocycles. The zero-order valence-corrected chi connectivity index (χ0v) is 8.86. The zero-order valence-electron chi connectivity index (χ0n) is 8.04. The van der Waals surface area contributed by atoms with Gasteiger partial charge < -0.3 is 5.11 Å². The summed E-state index contributed by atoms with van der Waals surface area (Å²) >= 11 is 0.826. The number of nitrogens with zero attached hydrogens (tertiary/aromatic N) is 2. The van der Waals surface area contributed by atoms with E-state index in [1.54, 1.807) is 0 Å². The highest BCUT2D eigenvalue weighted by atomic mass is 32.1. The Morgan fingerprint density at radius 3 is 2.87 bits per heavy atom. The summed E-state index contributed by atoms with van der Waals surface area (Å²) in [7, 11) is 0. The summed E-state index contributed by atoms with van der Waals surface area (Å²) in [5.41, 5.74) is 0. The van der Waals surface area contributed by atoms with Crippen molar-refractivity contribution in [3.05, 3.63) is 21.3 Å². The van der Waals surface area contributed by atoms with Gasteiger partial charge in [-0.2, -0.15) is 0 Å². The first-order valence-electron chi connectivity index (χ1n) is 4.39. The summed E-state index contributed by atoms with van der Waals surface area (Å²) in [5, 5.41) is 19.5. The normalized spacial score (nSPS) is 12.3. The summed E-state index contributed by atoms with van der Waals surface area (Å²) in [4.78, 5) is 24.5. The molecule has 0 aromatic carbocycles. The fourth-order valence-corrected chi connectivity index (χ4v) is 2.03. The summed E-state index contributed by atoms with van der Waals surface area (Å²) in [6.07, 6.45) is 2.25. The molecule has 0 bridgehead atoms. The van der Waals surface area contributed by atoms with Crippen molar-refractivity contribution in [2.75, 3.05) is 0 Å². The average Bonchev–Trinajstić information content (AvgIpc) is 2.62. The molecule has 1 heterocycles. The third-order valence-electron chi connectivity index (χ3n) is 1.86. The van der Waals surface area contributed by atoms with Crippen LogP contribution in [0.25, 0.3) is 0 Å². The molecule has 0 aliphatic carbocycles. The van der Waals surface area contributed by atoms with Gasteiger partial charge >= 0.3 is 11.0 Å². The van der Waals surface area contributed by atoms with Crippen molar-refractivity contribution in [2.45, 2.75) is 25.7 Å². The second-order valence-electron chi connectivity index (χ2n) is 2.97. The average molecular weight is 230 g/mol. The molecule has 0 aliphatic rings. The lowest BCUT2D eigenvalue weighted by molar-refractivity contribution is -0.380. The van der Waals surface area contributed by atoms with Gasteiger partial charge in [0.1, 0.15) is 17.1 Å². The number of thiazole rings is 1. The first-order chi connectivity index (χ1) is 7.06. The minimum absolute atomic E-state index is 0.118. The third-order valence-corrected chi connectivity index (χ3v) is 2.93. The molecule has 0 amide bonds. The van der Waals surface area contributed by atoms with Crippen molar-refractivity contribution in [1.29, 1.82) is 0 Å². The van der Waals surface area contributed by atoms with E-state index in [4.69, 9.17) is 5.11 Å². The number of nitro groups is 1. The number of rotatable bonds is 5. The Balaban J connectivity index is 2.91. The van der Waals surface area contributed by atoms with Gasteiger partial charge in [-0.3, -0.25) is 14.9 Å². The summed E-state index contributed by atoms with van der Waals surface area (Å²) < 4.78 is 0. The molecule has 7 heteroatoms. The highest BCUT2D eigenvalue weighted by Crippen LogP contribution is 2.29. The molecule has 15 heavy (non-hydrogen) atoms. The first kappa shape index (κ1) is 11.6. The number of carboxylic acid groups (broad SMARTS) is 1. The van der Waals surface area contributed by atoms with Crippen LogP contribution in [0.1, 0.15) is 30.7 Å². The van der Waals surface area contributed by atoms with Crippen molar-refractivity contribution in [2.24, 2.45) is 0 Å². The van der Waals surface area contributed by atoms with Gasteiger partial charge in [0.25, 0.3) is 0 Å². The molecule has 1 unspecified atom stereocenters. The summed E-state index contributed by atoms with van der Waals surface area (Å²) in [6.45, 7) is 1.86. The predicted octanol–water partition coefficient (Wildman–Crippen LogP) is 2.02. The van der Waals surface area contributed by atoms with Crippen LogP contribution in [-0.2, 0) is 4.79 Å². The van der Waals surface area contributed by atoms with Crippen molar-refractivity contribution in [3.63, 3.8) is 0 Å². The molecule has 1 rings (SSSR count). The van der Waals surface area contributed by atoms with Gasteiger partial charge in [0.05, 0.1) is 4.92 Å². The van der Waals surface area contributed by atoms with Crippen LogP contribution in [-0.4, -0.2) is 21.0 Å². The third kappa shape index (κ3) is 2.72. The number of aliphatic carboxylic acids is 1. The van der Waals surface area contributed by atoms with Crippen LogP contribution >= 0.6 is 11.3 Å². The van der Waals surface area contributed by atoms with Crippen molar-refractivity contribution in [3.8, 4) is 0 Å². The summed E-state index contributed by atoms with van der Waals surface area (Å²) in [5.74, 6) is -1.71. The topological polar surface area (TPSA) is 93.3 Å². The van der Waals surface area contributed by atoms with Gasteiger partial charge in [-0.1, -0.05) is 13.3 Å². The monoisotopic (exact) mass is 230 g/mol. The highest BCUT2D eigenvalue weighted by molar-refractivity contribution is 7.15. The van der Waals surface area contributed by atoms with Crippen LogP contribution in [0.3, 0.4) is 0 Å². The quantitative estimate of drug-likeness (QED) is 0.616. The van der Waals surface area contributed by atoms with Gasteiger partial charge in [-0.05, 0) is 17.8 Å². The highest BCUT2D eigenvalue weighted by Gasteiger charge is 2.24. The molecule has 1 atom stereocenters. The Morgan fingerprint density at radius 1 is 1.80 bits per heavy atom. The Bertz CT molecular complexity index is 376. The van der Waals surface area contributed by atoms with E-state index < -0.39 is 16.8 Å². The molecule has 0 fully saturated rings. The largest absolute Gasteiger partial charge is 0.481 e. The van der Waals surface area contributed by atoms with E-state index in [9.17, 15) is 14.9 Å². The molecule has 6 nitrogen and oxygen atoms in total. The maximum absolute atomic E-state index is 10.9. The van der Waals surface area contributed by atoms with Gasteiger partial charge in [0.15, 0.2) is 0 Å². The second-order valence-corrected chi connectivity index (χ2v) is 4.01. The zero-order chi connectivity index (χ0) is 11.4. The molecule has 0 spiro atoms. The number of hydrogen-bond acceptors (Lipinski definition) is 5.